The molecule has 0 aromatic heterocycles. The van der Waals surface area contributed by atoms with E-state index in [0.717, 1.165) is 25.3 Å². The van der Waals surface area contributed by atoms with E-state index in [1.807, 2.05) is 0 Å². The van der Waals surface area contributed by atoms with Gasteiger partial charge in [0.2, 0.25) is 0 Å². The second-order valence-corrected chi connectivity index (χ2v) is 3.63. The van der Waals surface area contributed by atoms with E-state index in [1.165, 1.54) is 0 Å². The molecule has 0 radical (unpaired) electrons. The lowest BCUT2D eigenvalue weighted by atomic mass is 9.96. The Bertz CT molecular complexity index is 580. The SMILES string of the molecule is COC(=O)c1ccc(C(C(=O)O)C(=O)O)c([N+](=O)[O-])c1. The second-order valence-electron chi connectivity index (χ2n) is 3.63. The third kappa shape index (κ3) is 2.88. The van der Waals surface area contributed by atoms with Gasteiger partial charge in [0, 0.05) is 6.07 Å². The molecule has 0 amide bonds. The average molecular weight is 283 g/mol. The molecule has 106 valence electrons. The number of carboxylic acid groups (broad SMARTS) is 2. The number of aliphatic carboxylic acids is 2. The number of hydrogen-bond acceptors (Lipinski definition) is 6. The van der Waals surface area contributed by atoms with E-state index < -0.39 is 40.0 Å². The number of nitrogens with zero attached hydrogens (tertiary/aromatic N) is 1. The predicted octanol–water partition coefficient (Wildman–Crippen LogP) is 0.634. The molecule has 0 unspecified atom stereocenters. The molecule has 1 rings (SSSR count). The maximum atomic E-state index is 11.3. The third-order valence-electron chi connectivity index (χ3n) is 2.45. The highest BCUT2D eigenvalue weighted by Crippen LogP contribution is 2.28. The standard InChI is InChI=1S/C11H9NO8/c1-20-11(17)5-2-3-6(7(4-5)12(18)19)8(9(13)14)10(15)16/h2-4,8H,1H3,(H,13,14)(H,15,16). The van der Waals surface area contributed by atoms with Gasteiger partial charge in [-0.05, 0) is 12.1 Å². The van der Waals surface area contributed by atoms with Crippen molar-refractivity contribution in [1.82, 2.24) is 0 Å². The Hall–Kier alpha value is -2.97. The number of carboxylic acids is 2. The van der Waals surface area contributed by atoms with Gasteiger partial charge in [-0.2, -0.15) is 0 Å². The van der Waals surface area contributed by atoms with Gasteiger partial charge >= 0.3 is 17.9 Å². The van der Waals surface area contributed by atoms with E-state index >= 15 is 0 Å². The molecule has 20 heavy (non-hydrogen) atoms. The number of benzene rings is 1. The number of hydrogen-bond donors (Lipinski definition) is 2. The molecule has 0 heterocycles. The Morgan fingerprint density at radius 3 is 2.20 bits per heavy atom. The van der Waals surface area contributed by atoms with Gasteiger partial charge in [-0.3, -0.25) is 19.7 Å². The topological polar surface area (TPSA) is 144 Å². The average Bonchev–Trinajstić information content (AvgIpc) is 2.37. The summed E-state index contributed by atoms with van der Waals surface area (Å²) in [5.74, 6) is -6.44. The van der Waals surface area contributed by atoms with Crippen LogP contribution < -0.4 is 0 Å². The molecular weight excluding hydrogens is 274 g/mol. The van der Waals surface area contributed by atoms with Gasteiger partial charge in [-0.1, -0.05) is 0 Å². The second kappa shape index (κ2) is 5.78. The van der Waals surface area contributed by atoms with Gasteiger partial charge in [0.1, 0.15) is 0 Å². The van der Waals surface area contributed by atoms with Gasteiger partial charge in [0.15, 0.2) is 5.92 Å². The molecule has 9 nitrogen and oxygen atoms in total. The van der Waals surface area contributed by atoms with Crippen LogP contribution in [-0.4, -0.2) is 40.2 Å². The smallest absolute Gasteiger partial charge is 0.338 e. The fourth-order valence-corrected chi connectivity index (χ4v) is 1.56. The van der Waals surface area contributed by atoms with E-state index in [-0.39, 0.29) is 5.56 Å². The van der Waals surface area contributed by atoms with Gasteiger partial charge in [0.05, 0.1) is 23.2 Å². The molecule has 0 saturated heterocycles. The quantitative estimate of drug-likeness (QED) is 0.346. The van der Waals surface area contributed by atoms with Crippen LogP contribution in [0.15, 0.2) is 18.2 Å². The van der Waals surface area contributed by atoms with Crippen LogP contribution in [0.25, 0.3) is 0 Å². The van der Waals surface area contributed by atoms with Crippen molar-refractivity contribution in [3.8, 4) is 0 Å². The number of carbonyl (C=O) groups is 3. The molecule has 1 aromatic rings. The van der Waals surface area contributed by atoms with Crippen molar-refractivity contribution < 1.29 is 34.3 Å². The predicted molar refractivity (Wildman–Crippen MR) is 62.4 cm³/mol. The molecule has 0 aliphatic heterocycles. The molecular formula is C11H9NO8. The van der Waals surface area contributed by atoms with Crippen molar-refractivity contribution in [3.05, 3.63) is 39.4 Å². The zero-order chi connectivity index (χ0) is 15.4. The largest absolute Gasteiger partial charge is 0.480 e. The maximum Gasteiger partial charge on any atom is 0.338 e. The number of carbonyl (C=O) groups excluding carboxylic acids is 1. The molecule has 0 saturated carbocycles. The van der Waals surface area contributed by atoms with Gasteiger partial charge in [-0.15, -0.1) is 0 Å². The molecule has 2 N–H and O–H groups in total. The number of nitro benzene ring substituents is 1. The first-order valence-electron chi connectivity index (χ1n) is 5.11. The maximum absolute atomic E-state index is 11.3. The van der Waals surface area contributed by atoms with Crippen molar-refractivity contribution >= 4 is 23.6 Å². The Labute approximate surface area is 111 Å². The van der Waals surface area contributed by atoms with E-state index in [0.29, 0.717) is 0 Å². The Balaban J connectivity index is 3.47. The van der Waals surface area contributed by atoms with E-state index in [4.69, 9.17) is 10.2 Å². The van der Waals surface area contributed by atoms with Gasteiger partial charge in [-0.25, -0.2) is 4.79 Å². The van der Waals surface area contributed by atoms with Crippen molar-refractivity contribution in [2.75, 3.05) is 7.11 Å². The van der Waals surface area contributed by atoms with Crippen LogP contribution in [0.3, 0.4) is 0 Å². The van der Waals surface area contributed by atoms with Crippen LogP contribution in [0.4, 0.5) is 5.69 Å². The number of methoxy groups -OCH3 is 1. The van der Waals surface area contributed by atoms with Crippen LogP contribution in [-0.2, 0) is 14.3 Å². The molecule has 0 fully saturated rings. The van der Waals surface area contributed by atoms with E-state index in [1.54, 1.807) is 0 Å². The molecule has 1 aromatic carbocycles. The summed E-state index contributed by atoms with van der Waals surface area (Å²) >= 11 is 0. The summed E-state index contributed by atoms with van der Waals surface area (Å²) < 4.78 is 4.37. The first kappa shape index (κ1) is 15.1. The summed E-state index contributed by atoms with van der Waals surface area (Å²) in [5.41, 5.74) is -1.48. The fraction of sp³-hybridized carbons (Fsp3) is 0.182. The zero-order valence-corrected chi connectivity index (χ0v) is 10.1. The Kier molecular flexibility index (Phi) is 4.36. The molecule has 0 aliphatic rings. The Morgan fingerprint density at radius 1 is 1.25 bits per heavy atom. The number of rotatable bonds is 5. The van der Waals surface area contributed by atoms with Crippen LogP contribution in [0.1, 0.15) is 21.8 Å². The lowest BCUT2D eigenvalue weighted by Gasteiger charge is -2.09. The first-order chi connectivity index (χ1) is 9.29. The third-order valence-corrected chi connectivity index (χ3v) is 2.45. The normalized spacial score (nSPS) is 10.1. The minimum Gasteiger partial charge on any atom is -0.480 e. The summed E-state index contributed by atoms with van der Waals surface area (Å²) in [4.78, 5) is 43.0. The fourth-order valence-electron chi connectivity index (χ4n) is 1.56. The van der Waals surface area contributed by atoms with Gasteiger partial charge in [0.25, 0.3) is 5.69 Å². The molecule has 0 spiro atoms. The van der Waals surface area contributed by atoms with Crippen molar-refractivity contribution in [2.45, 2.75) is 5.92 Å². The summed E-state index contributed by atoms with van der Waals surface area (Å²) in [7, 11) is 1.07. The number of nitro groups is 1. The highest BCUT2D eigenvalue weighted by atomic mass is 16.6. The number of ether oxygens (including phenoxy) is 1. The van der Waals surface area contributed by atoms with Gasteiger partial charge < -0.3 is 14.9 Å². The molecule has 0 atom stereocenters. The van der Waals surface area contributed by atoms with Crippen LogP contribution in [0.2, 0.25) is 0 Å². The molecule has 0 bridgehead atoms. The van der Waals surface area contributed by atoms with E-state index in [2.05, 4.69) is 4.74 Å². The first-order valence-corrected chi connectivity index (χ1v) is 5.11. The highest BCUT2D eigenvalue weighted by Gasteiger charge is 2.34. The molecule has 0 aliphatic carbocycles. The molecule has 9 heteroatoms. The minimum absolute atomic E-state index is 0.183. The van der Waals surface area contributed by atoms with Crippen LogP contribution in [0.5, 0.6) is 0 Å². The van der Waals surface area contributed by atoms with Crippen molar-refractivity contribution in [1.29, 1.82) is 0 Å². The highest BCUT2D eigenvalue weighted by molar-refractivity contribution is 6.00. The van der Waals surface area contributed by atoms with Crippen molar-refractivity contribution in [3.63, 3.8) is 0 Å². The lowest BCUT2D eigenvalue weighted by Crippen LogP contribution is -2.22. The monoisotopic (exact) mass is 283 g/mol. The summed E-state index contributed by atoms with van der Waals surface area (Å²) in [6, 6.07) is 2.75. The minimum atomic E-state index is -2.10. The van der Waals surface area contributed by atoms with E-state index in [9.17, 15) is 24.5 Å². The van der Waals surface area contributed by atoms with Crippen molar-refractivity contribution in [2.24, 2.45) is 0 Å². The zero-order valence-electron chi connectivity index (χ0n) is 10.1. The summed E-state index contributed by atoms with van der Waals surface area (Å²) in [6.07, 6.45) is 0. The summed E-state index contributed by atoms with van der Waals surface area (Å²) in [5, 5.41) is 28.6. The van der Waals surface area contributed by atoms with Crippen LogP contribution >= 0.6 is 0 Å². The van der Waals surface area contributed by atoms with Crippen LogP contribution in [0, 0.1) is 10.1 Å². The summed E-state index contributed by atoms with van der Waals surface area (Å²) in [6.45, 7) is 0. The lowest BCUT2D eigenvalue weighted by molar-refractivity contribution is -0.385. The number of esters is 1. The Morgan fingerprint density at radius 2 is 1.80 bits per heavy atom.